The molecule has 14 heteroatoms. The Morgan fingerprint density at radius 3 is 2.53 bits per heavy atom. The van der Waals surface area contributed by atoms with Gasteiger partial charge in [-0.3, -0.25) is 4.79 Å². The monoisotopic (exact) mass is 631 g/mol. The Morgan fingerprint density at radius 1 is 1.05 bits per heavy atom. The number of halogens is 4. The molecule has 2 N–H and O–H groups in total. The summed E-state index contributed by atoms with van der Waals surface area (Å²) >= 11 is 6.32. The number of carbonyl (C=O) groups excluding carboxylic acids is 1. The van der Waals surface area contributed by atoms with Gasteiger partial charge < -0.3 is 15.0 Å². The number of hydrogen-bond donors (Lipinski definition) is 2. The Bertz CT molecular complexity index is 1830. The van der Waals surface area contributed by atoms with E-state index in [2.05, 4.69) is 24.7 Å². The normalized spacial score (nSPS) is 15.3. The molecule has 1 aromatic heterocycles. The first-order valence-electron chi connectivity index (χ1n) is 13.5. The zero-order valence-corrected chi connectivity index (χ0v) is 24.1. The highest BCUT2D eigenvalue weighted by Crippen LogP contribution is 2.34. The van der Waals surface area contributed by atoms with Gasteiger partial charge in [0.15, 0.2) is 5.82 Å². The lowest BCUT2D eigenvalue weighted by Crippen LogP contribution is -2.37. The number of rotatable bonds is 9. The van der Waals surface area contributed by atoms with Crippen molar-refractivity contribution in [1.82, 2.24) is 14.7 Å². The standard InChI is InChI=1S/C29H25ClF3N5O4S/c30-24-10-5-17(16-34-43(40,41)21-7-8-21)13-23(24)28(39)35-19-6-9-22-25(15-19)36-26(37-27(22)38-11-2-12-38)18-3-1-4-20(14-18)42-29(31,32)33/h1,3-6,9-10,13-15,21,34H,2,7-8,11-12,16H2,(H,35,39). The van der Waals surface area contributed by atoms with Crippen molar-refractivity contribution in [3.63, 3.8) is 0 Å². The fraction of sp³-hybridized carbons (Fsp3) is 0.276. The Kier molecular flexibility index (Phi) is 7.65. The van der Waals surface area contributed by atoms with Gasteiger partial charge >= 0.3 is 6.36 Å². The van der Waals surface area contributed by atoms with E-state index in [0.29, 0.717) is 46.4 Å². The lowest BCUT2D eigenvalue weighted by molar-refractivity contribution is -0.274. The number of alkyl halides is 3. The van der Waals surface area contributed by atoms with Crippen molar-refractivity contribution in [3.05, 3.63) is 76.8 Å². The van der Waals surface area contributed by atoms with E-state index in [0.717, 1.165) is 19.5 Å². The molecule has 2 aliphatic rings. The third-order valence-corrected chi connectivity index (χ3v) is 9.36. The second-order valence-electron chi connectivity index (χ2n) is 10.4. The molecule has 1 saturated heterocycles. The molecule has 224 valence electrons. The number of hydrogen-bond acceptors (Lipinski definition) is 7. The van der Waals surface area contributed by atoms with Crippen molar-refractivity contribution in [3.8, 4) is 17.1 Å². The van der Waals surface area contributed by atoms with Crippen LogP contribution in [0.4, 0.5) is 24.7 Å². The molecule has 0 atom stereocenters. The van der Waals surface area contributed by atoms with E-state index in [4.69, 9.17) is 11.6 Å². The minimum atomic E-state index is -4.84. The Hall–Kier alpha value is -3.94. The summed E-state index contributed by atoms with van der Waals surface area (Å²) in [4.78, 5) is 24.5. The maximum absolute atomic E-state index is 13.2. The summed E-state index contributed by atoms with van der Waals surface area (Å²) in [6, 6.07) is 15.3. The summed E-state index contributed by atoms with van der Waals surface area (Å²) in [5.74, 6) is -0.0595. The number of ether oxygens (including phenoxy) is 1. The van der Waals surface area contributed by atoms with Gasteiger partial charge in [0.05, 0.1) is 21.4 Å². The first-order valence-corrected chi connectivity index (χ1v) is 15.4. The number of benzene rings is 3. The number of amides is 1. The van der Waals surface area contributed by atoms with Crippen LogP contribution in [0.1, 0.15) is 35.2 Å². The van der Waals surface area contributed by atoms with Crippen molar-refractivity contribution in [1.29, 1.82) is 0 Å². The smallest absolute Gasteiger partial charge is 0.406 e. The lowest BCUT2D eigenvalue weighted by Gasteiger charge is -2.33. The van der Waals surface area contributed by atoms with Gasteiger partial charge in [-0.2, -0.15) is 0 Å². The number of anilines is 2. The van der Waals surface area contributed by atoms with Crippen LogP contribution in [0.25, 0.3) is 22.3 Å². The van der Waals surface area contributed by atoms with E-state index in [-0.39, 0.29) is 34.0 Å². The molecule has 43 heavy (non-hydrogen) atoms. The van der Waals surface area contributed by atoms with Gasteiger partial charge in [-0.25, -0.2) is 23.1 Å². The summed E-state index contributed by atoms with van der Waals surface area (Å²) in [5.41, 5.74) is 1.95. The van der Waals surface area contributed by atoms with Crippen LogP contribution in [0.15, 0.2) is 60.7 Å². The number of sulfonamides is 1. The molecule has 1 saturated carbocycles. The largest absolute Gasteiger partial charge is 0.573 e. The Balaban J connectivity index is 1.28. The van der Waals surface area contributed by atoms with Crippen molar-refractivity contribution >= 4 is 49.9 Å². The van der Waals surface area contributed by atoms with Crippen molar-refractivity contribution in [2.45, 2.75) is 37.4 Å². The van der Waals surface area contributed by atoms with Crippen molar-refractivity contribution in [2.75, 3.05) is 23.3 Å². The molecule has 0 spiro atoms. The van der Waals surface area contributed by atoms with Crippen LogP contribution in [0.2, 0.25) is 5.02 Å². The molecule has 6 rings (SSSR count). The van der Waals surface area contributed by atoms with Gasteiger partial charge in [0.25, 0.3) is 5.91 Å². The van der Waals surface area contributed by atoms with E-state index in [1.54, 1.807) is 30.3 Å². The minimum absolute atomic E-state index is 0.0282. The van der Waals surface area contributed by atoms with Crippen LogP contribution in [0.5, 0.6) is 5.75 Å². The SMILES string of the molecule is O=C(Nc1ccc2c(N3CCC3)nc(-c3cccc(OC(F)(F)F)c3)nc2c1)c1cc(CNS(=O)(=O)C2CC2)ccc1Cl. The summed E-state index contributed by atoms with van der Waals surface area (Å²) in [6.07, 6.45) is -2.59. The molecule has 2 heterocycles. The summed E-state index contributed by atoms with van der Waals surface area (Å²) in [7, 11) is -3.40. The predicted molar refractivity (Wildman–Crippen MR) is 157 cm³/mol. The quantitative estimate of drug-likeness (QED) is 0.237. The molecule has 2 fully saturated rings. The van der Waals surface area contributed by atoms with Crippen molar-refractivity contribution in [2.24, 2.45) is 0 Å². The molecule has 3 aromatic carbocycles. The van der Waals surface area contributed by atoms with Gasteiger partial charge in [0.2, 0.25) is 10.0 Å². The molecule has 9 nitrogen and oxygen atoms in total. The number of aromatic nitrogens is 2. The third kappa shape index (κ3) is 6.68. The van der Waals surface area contributed by atoms with Gasteiger partial charge in [0.1, 0.15) is 11.6 Å². The Labute approximate surface area is 250 Å². The molecule has 0 radical (unpaired) electrons. The van der Waals surface area contributed by atoms with Crippen LogP contribution >= 0.6 is 11.6 Å². The summed E-state index contributed by atoms with van der Waals surface area (Å²) in [5, 5.41) is 3.35. The van der Waals surface area contributed by atoms with E-state index >= 15 is 0 Å². The van der Waals surface area contributed by atoms with Gasteiger partial charge in [-0.1, -0.05) is 29.8 Å². The van der Waals surface area contributed by atoms with Gasteiger partial charge in [-0.05, 0) is 67.3 Å². The summed E-state index contributed by atoms with van der Waals surface area (Å²) in [6.45, 7) is 1.57. The fourth-order valence-corrected chi connectivity index (χ4v) is 6.22. The minimum Gasteiger partial charge on any atom is -0.406 e. The van der Waals surface area contributed by atoms with E-state index in [9.17, 15) is 26.4 Å². The first kappa shape index (κ1) is 29.1. The van der Waals surface area contributed by atoms with Crippen LogP contribution in [0.3, 0.4) is 0 Å². The van der Waals surface area contributed by atoms with Crippen LogP contribution in [-0.2, 0) is 16.6 Å². The van der Waals surface area contributed by atoms with E-state index < -0.39 is 22.3 Å². The molecule has 1 aliphatic carbocycles. The summed E-state index contributed by atoms with van der Waals surface area (Å²) < 4.78 is 69.5. The third-order valence-electron chi connectivity index (χ3n) is 7.13. The molecular formula is C29H25ClF3N5O4S. The molecule has 1 aliphatic heterocycles. The zero-order chi connectivity index (χ0) is 30.4. The van der Waals surface area contributed by atoms with Crippen molar-refractivity contribution < 1.29 is 31.1 Å². The molecule has 1 amide bonds. The Morgan fingerprint density at radius 2 is 1.84 bits per heavy atom. The number of carbonyl (C=O) groups is 1. The maximum Gasteiger partial charge on any atom is 0.573 e. The zero-order valence-electron chi connectivity index (χ0n) is 22.5. The fourth-order valence-electron chi connectivity index (χ4n) is 4.66. The molecule has 0 unspecified atom stereocenters. The number of nitrogens with zero attached hydrogens (tertiary/aromatic N) is 3. The average Bonchev–Trinajstić information content (AvgIpc) is 3.77. The van der Waals surface area contributed by atoms with E-state index in [1.807, 2.05) is 4.90 Å². The highest BCUT2D eigenvalue weighted by Gasteiger charge is 2.35. The predicted octanol–water partition coefficient (Wildman–Crippen LogP) is 5.89. The van der Waals surface area contributed by atoms with Gasteiger partial charge in [-0.15, -0.1) is 13.2 Å². The second kappa shape index (κ2) is 11.3. The van der Waals surface area contributed by atoms with Crippen LogP contribution in [0, 0.1) is 0 Å². The number of fused-ring (bicyclic) bond motifs is 1. The molecule has 0 bridgehead atoms. The highest BCUT2D eigenvalue weighted by molar-refractivity contribution is 7.90. The highest BCUT2D eigenvalue weighted by atomic mass is 35.5. The van der Waals surface area contributed by atoms with Gasteiger partial charge in [0, 0.05) is 36.3 Å². The maximum atomic E-state index is 13.2. The molecular weight excluding hydrogens is 607 g/mol. The average molecular weight is 632 g/mol. The van der Waals surface area contributed by atoms with E-state index in [1.165, 1.54) is 30.3 Å². The topological polar surface area (TPSA) is 114 Å². The lowest BCUT2D eigenvalue weighted by atomic mass is 10.1. The van der Waals surface area contributed by atoms with Crippen LogP contribution in [-0.4, -0.2) is 49.0 Å². The number of nitrogens with one attached hydrogen (secondary N) is 2. The second-order valence-corrected chi connectivity index (χ2v) is 12.8. The van der Waals surface area contributed by atoms with Crippen LogP contribution < -0.4 is 19.7 Å². The molecule has 4 aromatic rings. The first-order chi connectivity index (χ1) is 20.4.